The minimum absolute atomic E-state index is 0.218. The van der Waals surface area contributed by atoms with E-state index < -0.39 is 0 Å². The molecule has 0 aliphatic heterocycles. The van der Waals surface area contributed by atoms with Gasteiger partial charge in [-0.15, -0.1) is 5.10 Å². The van der Waals surface area contributed by atoms with Crippen molar-refractivity contribution >= 4 is 40.1 Å². The number of anilines is 1. The molecule has 0 spiro atoms. The van der Waals surface area contributed by atoms with Crippen molar-refractivity contribution < 1.29 is 0 Å². The van der Waals surface area contributed by atoms with Crippen LogP contribution in [0.15, 0.2) is 18.2 Å². The number of benzene rings is 1. The van der Waals surface area contributed by atoms with Gasteiger partial charge in [0.15, 0.2) is 5.82 Å². The Morgan fingerprint density at radius 1 is 1.43 bits per heavy atom. The van der Waals surface area contributed by atoms with E-state index >= 15 is 0 Å². The molecule has 1 aromatic carbocycles. The van der Waals surface area contributed by atoms with Crippen molar-refractivity contribution in [1.29, 1.82) is 0 Å². The fraction of sp³-hybridized carbons (Fsp3) is 0. The fourth-order valence-corrected chi connectivity index (χ4v) is 1.77. The predicted octanol–water partition coefficient (Wildman–Crippen LogP) is 2.31. The maximum Gasteiger partial charge on any atom is 0.239 e. The molecule has 0 aliphatic carbocycles. The van der Waals surface area contributed by atoms with Crippen molar-refractivity contribution in [2.75, 3.05) is 5.73 Å². The quantitative estimate of drug-likeness (QED) is 0.792. The molecule has 1 aromatic heterocycles. The first-order valence-corrected chi connectivity index (χ1v) is 5.26. The molecule has 0 saturated heterocycles. The Hall–Kier alpha value is -0.820. The van der Waals surface area contributed by atoms with Crippen LogP contribution in [0.1, 0.15) is 0 Å². The van der Waals surface area contributed by atoms with Gasteiger partial charge in [0.2, 0.25) is 5.95 Å². The van der Waals surface area contributed by atoms with Crippen molar-refractivity contribution in [3.63, 3.8) is 0 Å². The number of nitrogens with two attached hydrogens (primary N) is 1. The average molecular weight is 321 g/mol. The molecule has 6 heteroatoms. The zero-order valence-electron chi connectivity index (χ0n) is 6.96. The molecule has 2 rings (SSSR count). The number of halogens is 2. The normalized spacial score (nSPS) is 10.4. The maximum atomic E-state index is 6.01. The lowest BCUT2D eigenvalue weighted by molar-refractivity contribution is 1.10. The van der Waals surface area contributed by atoms with E-state index in [4.69, 9.17) is 17.3 Å². The number of nitrogen functional groups attached to an aromatic ring is 1. The van der Waals surface area contributed by atoms with Crippen LogP contribution in [0.25, 0.3) is 11.4 Å². The summed E-state index contributed by atoms with van der Waals surface area (Å²) in [6, 6.07) is 5.66. The molecule has 4 nitrogen and oxygen atoms in total. The van der Waals surface area contributed by atoms with Gasteiger partial charge in [-0.1, -0.05) is 11.6 Å². The smallest absolute Gasteiger partial charge is 0.239 e. The van der Waals surface area contributed by atoms with Crippen LogP contribution < -0.4 is 5.73 Å². The lowest BCUT2D eigenvalue weighted by atomic mass is 10.2. The van der Waals surface area contributed by atoms with Crippen LogP contribution in [0, 0.1) is 3.57 Å². The van der Waals surface area contributed by atoms with E-state index in [1.807, 2.05) is 18.2 Å². The number of hydrogen-bond acceptors (Lipinski definition) is 3. The molecule has 0 bridgehead atoms. The fourth-order valence-electron chi connectivity index (χ4n) is 1.07. The molecule has 2 aromatic rings. The van der Waals surface area contributed by atoms with Crippen LogP contribution in [-0.2, 0) is 0 Å². The SMILES string of the molecule is Nc1n[nH]c(-c2cc(I)ccc2Cl)n1. The number of hydrogen-bond donors (Lipinski definition) is 2. The van der Waals surface area contributed by atoms with E-state index in [2.05, 4.69) is 37.8 Å². The van der Waals surface area contributed by atoms with Gasteiger partial charge in [0.05, 0.1) is 5.02 Å². The van der Waals surface area contributed by atoms with Crippen LogP contribution >= 0.6 is 34.2 Å². The Kier molecular flexibility index (Phi) is 2.60. The Labute approximate surface area is 99.0 Å². The highest BCUT2D eigenvalue weighted by molar-refractivity contribution is 14.1. The van der Waals surface area contributed by atoms with Gasteiger partial charge in [0.25, 0.3) is 0 Å². The standard InChI is InChI=1S/C8H6ClIN4/c9-6-2-1-4(10)3-5(6)7-12-8(11)14-13-7/h1-3H,(H3,11,12,13,14). The second-order valence-corrected chi connectivity index (χ2v) is 4.32. The summed E-state index contributed by atoms with van der Waals surface area (Å²) in [4.78, 5) is 4.01. The first kappa shape index (κ1) is 9.72. The minimum atomic E-state index is 0.218. The molecule has 1 heterocycles. The predicted molar refractivity (Wildman–Crippen MR) is 64.0 cm³/mol. The van der Waals surface area contributed by atoms with E-state index in [0.717, 1.165) is 9.13 Å². The Morgan fingerprint density at radius 3 is 2.86 bits per heavy atom. The molecule has 72 valence electrons. The summed E-state index contributed by atoms with van der Waals surface area (Å²) in [7, 11) is 0. The van der Waals surface area contributed by atoms with E-state index in [1.165, 1.54) is 0 Å². The molecule has 0 fully saturated rings. The number of nitrogens with one attached hydrogen (secondary N) is 1. The van der Waals surface area contributed by atoms with Gasteiger partial charge < -0.3 is 5.73 Å². The molecule has 14 heavy (non-hydrogen) atoms. The van der Waals surface area contributed by atoms with Crippen molar-refractivity contribution in [2.45, 2.75) is 0 Å². The van der Waals surface area contributed by atoms with Crippen LogP contribution in [0.3, 0.4) is 0 Å². The van der Waals surface area contributed by atoms with Gasteiger partial charge in [-0.25, -0.2) is 0 Å². The summed E-state index contributed by atoms with van der Waals surface area (Å²) < 4.78 is 1.08. The molecular formula is C8H6ClIN4. The summed E-state index contributed by atoms with van der Waals surface area (Å²) in [5.41, 5.74) is 6.21. The molecule has 0 amide bonds. The van der Waals surface area contributed by atoms with Crippen LogP contribution in [0.5, 0.6) is 0 Å². The van der Waals surface area contributed by atoms with Crippen LogP contribution in [0.4, 0.5) is 5.95 Å². The average Bonchev–Trinajstić information content (AvgIpc) is 2.56. The number of aromatic nitrogens is 3. The summed E-state index contributed by atoms with van der Waals surface area (Å²) in [6.45, 7) is 0. The van der Waals surface area contributed by atoms with Crippen molar-refractivity contribution in [2.24, 2.45) is 0 Å². The molecule has 3 N–H and O–H groups in total. The van der Waals surface area contributed by atoms with Gasteiger partial charge in [-0.3, -0.25) is 5.10 Å². The van der Waals surface area contributed by atoms with Gasteiger partial charge >= 0.3 is 0 Å². The highest BCUT2D eigenvalue weighted by atomic mass is 127. The van der Waals surface area contributed by atoms with E-state index in [9.17, 15) is 0 Å². The van der Waals surface area contributed by atoms with Gasteiger partial charge in [0, 0.05) is 9.13 Å². The lowest BCUT2D eigenvalue weighted by Crippen LogP contribution is -1.86. The van der Waals surface area contributed by atoms with Crippen molar-refractivity contribution in [3.8, 4) is 11.4 Å². The summed E-state index contributed by atoms with van der Waals surface area (Å²) in [5.74, 6) is 0.806. The second-order valence-electron chi connectivity index (χ2n) is 2.67. The monoisotopic (exact) mass is 320 g/mol. The van der Waals surface area contributed by atoms with E-state index in [0.29, 0.717) is 10.8 Å². The highest BCUT2D eigenvalue weighted by Gasteiger charge is 2.07. The number of rotatable bonds is 1. The lowest BCUT2D eigenvalue weighted by Gasteiger charge is -1.99. The first-order valence-electron chi connectivity index (χ1n) is 3.80. The van der Waals surface area contributed by atoms with Gasteiger partial charge in [-0.2, -0.15) is 4.98 Å². The molecule has 0 saturated carbocycles. The molecule has 0 unspecified atom stereocenters. The third kappa shape index (κ3) is 1.83. The zero-order chi connectivity index (χ0) is 10.1. The number of aromatic amines is 1. The third-order valence-corrected chi connectivity index (χ3v) is 2.69. The Balaban J connectivity index is 2.55. The molecule has 0 radical (unpaired) electrons. The van der Waals surface area contributed by atoms with Crippen LogP contribution in [0.2, 0.25) is 5.02 Å². The minimum Gasteiger partial charge on any atom is -0.366 e. The van der Waals surface area contributed by atoms with Crippen molar-refractivity contribution in [3.05, 3.63) is 26.8 Å². The van der Waals surface area contributed by atoms with E-state index in [1.54, 1.807) is 0 Å². The largest absolute Gasteiger partial charge is 0.366 e. The zero-order valence-corrected chi connectivity index (χ0v) is 9.87. The van der Waals surface area contributed by atoms with Gasteiger partial charge in [-0.05, 0) is 40.8 Å². The Bertz CT molecular complexity index is 468. The second kappa shape index (κ2) is 3.74. The summed E-state index contributed by atoms with van der Waals surface area (Å²) in [5, 5.41) is 7.09. The van der Waals surface area contributed by atoms with Crippen molar-refractivity contribution in [1.82, 2.24) is 15.2 Å². The highest BCUT2D eigenvalue weighted by Crippen LogP contribution is 2.26. The summed E-state index contributed by atoms with van der Waals surface area (Å²) in [6.07, 6.45) is 0. The molecular weight excluding hydrogens is 314 g/mol. The molecule has 0 atom stereocenters. The van der Waals surface area contributed by atoms with Gasteiger partial charge in [0.1, 0.15) is 0 Å². The number of H-pyrrole nitrogens is 1. The number of nitrogens with zero attached hydrogens (tertiary/aromatic N) is 2. The third-order valence-electron chi connectivity index (χ3n) is 1.69. The summed E-state index contributed by atoms with van der Waals surface area (Å²) >= 11 is 8.21. The Morgan fingerprint density at radius 2 is 2.21 bits per heavy atom. The van der Waals surface area contributed by atoms with Crippen LogP contribution in [-0.4, -0.2) is 15.2 Å². The van der Waals surface area contributed by atoms with E-state index in [-0.39, 0.29) is 5.95 Å². The first-order chi connectivity index (χ1) is 6.66. The maximum absolute atomic E-state index is 6.01. The topological polar surface area (TPSA) is 67.6 Å². The molecule has 0 aliphatic rings.